The van der Waals surface area contributed by atoms with Gasteiger partial charge in [0.05, 0.1) is 24.4 Å². The van der Waals surface area contributed by atoms with Crippen LogP contribution in [0.3, 0.4) is 0 Å². The minimum atomic E-state index is -0.631. The molecule has 0 aliphatic rings. The molecule has 4 nitrogen and oxygen atoms in total. The monoisotopic (exact) mass is 281 g/mol. The molecule has 0 amide bonds. The number of fused-ring (bicyclic) bond motifs is 1. The first kappa shape index (κ1) is 13.8. The fourth-order valence-electron chi connectivity index (χ4n) is 2.51. The minimum absolute atomic E-state index is 0.310. The Labute approximate surface area is 123 Å². The number of aliphatic hydroxyl groups is 1. The van der Waals surface area contributed by atoms with Crippen LogP contribution in [0.1, 0.15) is 5.56 Å². The lowest BCUT2D eigenvalue weighted by Crippen LogP contribution is -2.39. The van der Waals surface area contributed by atoms with E-state index in [0.29, 0.717) is 13.0 Å². The van der Waals surface area contributed by atoms with Crippen LogP contribution in [0.25, 0.3) is 10.9 Å². The Hall–Kier alpha value is -2.17. The summed E-state index contributed by atoms with van der Waals surface area (Å²) in [4.78, 5) is 0. The topological polar surface area (TPSA) is 64.1 Å². The van der Waals surface area contributed by atoms with Crippen LogP contribution in [-0.2, 0) is 13.0 Å². The molecule has 3 aromatic rings. The SMILES string of the molecule is NC(Cc1ccccc1)C(O)Cn1ncc2ccccc21. The van der Waals surface area contributed by atoms with Gasteiger partial charge in [0.15, 0.2) is 0 Å². The number of rotatable bonds is 5. The second kappa shape index (κ2) is 6.08. The summed E-state index contributed by atoms with van der Waals surface area (Å²) in [6.07, 6.45) is 1.83. The van der Waals surface area contributed by atoms with Gasteiger partial charge in [-0.3, -0.25) is 4.68 Å². The predicted molar refractivity (Wildman–Crippen MR) is 83.9 cm³/mol. The number of nitrogens with two attached hydrogens (primary N) is 1. The summed E-state index contributed by atoms with van der Waals surface area (Å²) < 4.78 is 1.81. The van der Waals surface area contributed by atoms with Crippen LogP contribution in [0.2, 0.25) is 0 Å². The maximum Gasteiger partial charge on any atom is 0.0890 e. The minimum Gasteiger partial charge on any atom is -0.390 e. The second-order valence-corrected chi connectivity index (χ2v) is 5.31. The molecule has 2 aromatic carbocycles. The smallest absolute Gasteiger partial charge is 0.0890 e. The van der Waals surface area contributed by atoms with Crippen LogP contribution in [0.4, 0.5) is 0 Å². The molecule has 2 unspecified atom stereocenters. The Morgan fingerprint density at radius 2 is 1.76 bits per heavy atom. The summed E-state index contributed by atoms with van der Waals surface area (Å²) in [5.41, 5.74) is 8.27. The van der Waals surface area contributed by atoms with E-state index < -0.39 is 6.10 Å². The van der Waals surface area contributed by atoms with Crippen LogP contribution in [0.15, 0.2) is 60.8 Å². The van der Waals surface area contributed by atoms with Gasteiger partial charge in [-0.15, -0.1) is 0 Å². The molecule has 1 aromatic heterocycles. The van der Waals surface area contributed by atoms with E-state index in [2.05, 4.69) is 5.10 Å². The Balaban J connectivity index is 1.69. The molecule has 0 bridgehead atoms. The second-order valence-electron chi connectivity index (χ2n) is 5.31. The lowest BCUT2D eigenvalue weighted by molar-refractivity contribution is 0.122. The van der Waals surface area contributed by atoms with Crippen molar-refractivity contribution in [2.24, 2.45) is 5.73 Å². The molecule has 108 valence electrons. The van der Waals surface area contributed by atoms with E-state index in [-0.39, 0.29) is 6.04 Å². The normalized spacial score (nSPS) is 14.2. The van der Waals surface area contributed by atoms with Crippen molar-refractivity contribution in [3.05, 3.63) is 66.4 Å². The Morgan fingerprint density at radius 3 is 2.57 bits per heavy atom. The third-order valence-corrected chi connectivity index (χ3v) is 3.72. The van der Waals surface area contributed by atoms with Crippen molar-refractivity contribution < 1.29 is 5.11 Å². The lowest BCUT2D eigenvalue weighted by Gasteiger charge is -2.19. The molecule has 1 heterocycles. The predicted octanol–water partition coefficient (Wildman–Crippen LogP) is 1.97. The number of hydrogen-bond donors (Lipinski definition) is 2. The van der Waals surface area contributed by atoms with Gasteiger partial charge in [-0.25, -0.2) is 0 Å². The number of aliphatic hydroxyl groups excluding tert-OH is 1. The quantitative estimate of drug-likeness (QED) is 0.751. The van der Waals surface area contributed by atoms with E-state index in [1.807, 2.05) is 65.5 Å². The van der Waals surface area contributed by atoms with Crippen molar-refractivity contribution in [1.29, 1.82) is 0 Å². The molecule has 0 fully saturated rings. The highest BCUT2D eigenvalue weighted by Gasteiger charge is 2.17. The van der Waals surface area contributed by atoms with Gasteiger partial charge in [0.2, 0.25) is 0 Å². The lowest BCUT2D eigenvalue weighted by atomic mass is 10.0. The molecule has 0 spiro atoms. The maximum absolute atomic E-state index is 10.3. The largest absolute Gasteiger partial charge is 0.390 e. The summed E-state index contributed by atoms with van der Waals surface area (Å²) in [6, 6.07) is 17.6. The van der Waals surface area contributed by atoms with Crippen LogP contribution in [0, 0.1) is 0 Å². The highest BCUT2D eigenvalue weighted by Crippen LogP contribution is 2.14. The molecule has 0 saturated carbocycles. The van der Waals surface area contributed by atoms with Gasteiger partial charge in [-0.1, -0.05) is 48.5 Å². The fourth-order valence-corrected chi connectivity index (χ4v) is 2.51. The zero-order valence-corrected chi connectivity index (χ0v) is 11.8. The van der Waals surface area contributed by atoms with E-state index in [1.165, 1.54) is 0 Å². The average Bonchev–Trinajstić information content (AvgIpc) is 2.91. The third-order valence-electron chi connectivity index (χ3n) is 3.72. The van der Waals surface area contributed by atoms with Crippen molar-refractivity contribution in [2.75, 3.05) is 0 Å². The van der Waals surface area contributed by atoms with Crippen LogP contribution in [0.5, 0.6) is 0 Å². The Kier molecular flexibility index (Phi) is 3.99. The Morgan fingerprint density at radius 1 is 1.05 bits per heavy atom. The highest BCUT2D eigenvalue weighted by molar-refractivity contribution is 5.78. The fraction of sp³-hybridized carbons (Fsp3) is 0.235. The molecular weight excluding hydrogens is 262 g/mol. The number of para-hydroxylation sites is 1. The van der Waals surface area contributed by atoms with Gasteiger partial charge in [-0.05, 0) is 18.1 Å². The highest BCUT2D eigenvalue weighted by atomic mass is 16.3. The van der Waals surface area contributed by atoms with Gasteiger partial charge in [0.1, 0.15) is 0 Å². The van der Waals surface area contributed by atoms with Crippen LogP contribution < -0.4 is 5.73 Å². The van der Waals surface area contributed by atoms with Crippen molar-refractivity contribution in [3.63, 3.8) is 0 Å². The van der Waals surface area contributed by atoms with Gasteiger partial charge in [0, 0.05) is 11.4 Å². The first-order chi connectivity index (χ1) is 10.2. The zero-order chi connectivity index (χ0) is 14.7. The van der Waals surface area contributed by atoms with Crippen LogP contribution >= 0.6 is 0 Å². The standard InChI is InChI=1S/C17H19N3O/c18-15(10-13-6-2-1-3-7-13)17(21)12-20-16-9-5-4-8-14(16)11-19-20/h1-9,11,15,17,21H,10,12,18H2. The van der Waals surface area contributed by atoms with E-state index in [4.69, 9.17) is 5.73 Å². The third kappa shape index (κ3) is 3.12. The van der Waals surface area contributed by atoms with Gasteiger partial charge in [0.25, 0.3) is 0 Å². The molecule has 3 rings (SSSR count). The molecule has 4 heteroatoms. The summed E-state index contributed by atoms with van der Waals surface area (Å²) in [5, 5.41) is 15.7. The number of hydrogen-bond acceptors (Lipinski definition) is 3. The summed E-state index contributed by atoms with van der Waals surface area (Å²) >= 11 is 0. The maximum atomic E-state index is 10.3. The molecule has 0 radical (unpaired) electrons. The molecule has 0 saturated heterocycles. The average molecular weight is 281 g/mol. The molecule has 3 N–H and O–H groups in total. The van der Waals surface area contributed by atoms with Crippen molar-refractivity contribution in [2.45, 2.75) is 25.1 Å². The van der Waals surface area contributed by atoms with E-state index >= 15 is 0 Å². The van der Waals surface area contributed by atoms with Gasteiger partial charge >= 0.3 is 0 Å². The first-order valence-corrected chi connectivity index (χ1v) is 7.12. The van der Waals surface area contributed by atoms with E-state index in [9.17, 15) is 5.11 Å². The molecule has 0 aliphatic heterocycles. The molecule has 0 aliphatic carbocycles. The molecule has 21 heavy (non-hydrogen) atoms. The number of aromatic nitrogens is 2. The van der Waals surface area contributed by atoms with E-state index in [1.54, 1.807) is 0 Å². The first-order valence-electron chi connectivity index (χ1n) is 7.12. The summed E-state index contributed by atoms with van der Waals surface area (Å²) in [5.74, 6) is 0. The van der Waals surface area contributed by atoms with Crippen molar-refractivity contribution in [3.8, 4) is 0 Å². The Bertz CT molecular complexity index is 708. The van der Waals surface area contributed by atoms with Crippen LogP contribution in [-0.4, -0.2) is 27.0 Å². The van der Waals surface area contributed by atoms with Crippen molar-refractivity contribution in [1.82, 2.24) is 9.78 Å². The number of benzene rings is 2. The van der Waals surface area contributed by atoms with E-state index in [0.717, 1.165) is 16.5 Å². The zero-order valence-electron chi connectivity index (χ0n) is 11.8. The van der Waals surface area contributed by atoms with Gasteiger partial charge < -0.3 is 10.8 Å². The number of nitrogens with zero attached hydrogens (tertiary/aromatic N) is 2. The van der Waals surface area contributed by atoms with Gasteiger partial charge in [-0.2, -0.15) is 5.10 Å². The summed E-state index contributed by atoms with van der Waals surface area (Å²) in [7, 11) is 0. The summed E-state index contributed by atoms with van der Waals surface area (Å²) in [6.45, 7) is 0.404. The van der Waals surface area contributed by atoms with Crippen molar-refractivity contribution >= 4 is 10.9 Å². The molecule has 2 atom stereocenters. The molecular formula is C17H19N3O.